The van der Waals surface area contributed by atoms with Crippen LogP contribution in [0.15, 0.2) is 0 Å². The second kappa shape index (κ2) is 7.06. The maximum Gasteiger partial charge on any atom is 0.393 e. The van der Waals surface area contributed by atoms with Gasteiger partial charge in [-0.3, -0.25) is 0 Å². The third kappa shape index (κ3) is 8.31. The van der Waals surface area contributed by atoms with Crippen LogP contribution in [0.1, 0.15) is 33.1 Å². The van der Waals surface area contributed by atoms with Gasteiger partial charge in [-0.05, 0) is 12.8 Å². The summed E-state index contributed by atoms with van der Waals surface area (Å²) in [6.45, 7) is 4.27. The number of hydrogen-bond donors (Lipinski definition) is 0. The molecule has 0 aliphatic carbocycles. The third-order valence-electron chi connectivity index (χ3n) is 1.41. The van der Waals surface area contributed by atoms with Crippen LogP contribution in [0.3, 0.4) is 0 Å². The van der Waals surface area contributed by atoms with Crippen molar-refractivity contribution in [3.05, 3.63) is 0 Å². The standard InChI is InChI=1S/C9H17F3O2/c1-3-5-13-8(14-6-4-2)7-9(10,11)12/h8H,3-7H2,1-2H3. The Morgan fingerprint density at radius 1 is 1.00 bits per heavy atom. The van der Waals surface area contributed by atoms with Crippen molar-refractivity contribution in [2.45, 2.75) is 45.6 Å². The number of halogens is 3. The molecule has 0 saturated heterocycles. The Labute approximate surface area is 82.4 Å². The van der Waals surface area contributed by atoms with Gasteiger partial charge in [0.15, 0.2) is 6.29 Å². The Balaban J connectivity index is 3.84. The van der Waals surface area contributed by atoms with Crippen LogP contribution in [-0.4, -0.2) is 25.7 Å². The third-order valence-corrected chi connectivity index (χ3v) is 1.41. The van der Waals surface area contributed by atoms with Gasteiger partial charge in [0.2, 0.25) is 0 Å². The van der Waals surface area contributed by atoms with E-state index in [0.29, 0.717) is 26.1 Å². The molecule has 0 N–H and O–H groups in total. The molecule has 0 unspecified atom stereocenters. The predicted octanol–water partition coefficient (Wildman–Crippen LogP) is 3.12. The summed E-state index contributed by atoms with van der Waals surface area (Å²) in [5.41, 5.74) is 0. The van der Waals surface area contributed by atoms with E-state index in [0.717, 1.165) is 0 Å². The van der Waals surface area contributed by atoms with Gasteiger partial charge in [-0.15, -0.1) is 0 Å². The Morgan fingerprint density at radius 3 is 1.71 bits per heavy atom. The van der Waals surface area contributed by atoms with Crippen LogP contribution in [0, 0.1) is 0 Å². The highest BCUT2D eigenvalue weighted by atomic mass is 19.4. The van der Waals surface area contributed by atoms with Crippen molar-refractivity contribution in [1.29, 1.82) is 0 Å². The van der Waals surface area contributed by atoms with Crippen molar-refractivity contribution in [3.8, 4) is 0 Å². The van der Waals surface area contributed by atoms with Gasteiger partial charge in [-0.1, -0.05) is 13.8 Å². The molecule has 0 atom stereocenters. The summed E-state index contributed by atoms with van der Waals surface area (Å²) in [6, 6.07) is 0. The summed E-state index contributed by atoms with van der Waals surface area (Å²) in [7, 11) is 0. The van der Waals surface area contributed by atoms with Gasteiger partial charge in [-0.2, -0.15) is 13.2 Å². The van der Waals surface area contributed by atoms with E-state index in [2.05, 4.69) is 0 Å². The zero-order valence-electron chi connectivity index (χ0n) is 8.56. The maximum absolute atomic E-state index is 12.0. The molecule has 0 radical (unpaired) electrons. The molecule has 0 bridgehead atoms. The molecular formula is C9H17F3O2. The average molecular weight is 214 g/mol. The number of ether oxygens (including phenoxy) is 2. The molecule has 0 aliphatic heterocycles. The molecule has 2 nitrogen and oxygen atoms in total. The summed E-state index contributed by atoms with van der Waals surface area (Å²) in [5.74, 6) is 0. The van der Waals surface area contributed by atoms with E-state index >= 15 is 0 Å². The first-order valence-corrected chi connectivity index (χ1v) is 4.79. The molecule has 0 saturated carbocycles. The smallest absolute Gasteiger partial charge is 0.352 e. The van der Waals surface area contributed by atoms with Gasteiger partial charge in [-0.25, -0.2) is 0 Å². The van der Waals surface area contributed by atoms with Gasteiger partial charge in [0.05, 0.1) is 6.42 Å². The van der Waals surface area contributed by atoms with E-state index in [9.17, 15) is 13.2 Å². The minimum atomic E-state index is -4.23. The fraction of sp³-hybridized carbons (Fsp3) is 1.00. The first-order valence-electron chi connectivity index (χ1n) is 4.79. The van der Waals surface area contributed by atoms with Crippen LogP contribution >= 0.6 is 0 Å². The first kappa shape index (κ1) is 13.7. The second-order valence-corrected chi connectivity index (χ2v) is 2.99. The summed E-state index contributed by atoms with van der Waals surface area (Å²) in [5, 5.41) is 0. The molecule has 0 aromatic carbocycles. The van der Waals surface area contributed by atoms with Gasteiger partial charge in [0.1, 0.15) is 0 Å². The summed E-state index contributed by atoms with van der Waals surface area (Å²) >= 11 is 0. The number of alkyl halides is 3. The van der Waals surface area contributed by atoms with Gasteiger partial charge < -0.3 is 9.47 Å². The fourth-order valence-electron chi connectivity index (χ4n) is 0.854. The quantitative estimate of drug-likeness (QED) is 0.606. The molecule has 0 rings (SSSR count). The monoisotopic (exact) mass is 214 g/mol. The molecule has 0 fully saturated rings. The van der Waals surface area contributed by atoms with E-state index in [1.165, 1.54) is 0 Å². The van der Waals surface area contributed by atoms with E-state index in [1.807, 2.05) is 13.8 Å². The minimum Gasteiger partial charge on any atom is -0.352 e. The highest BCUT2D eigenvalue weighted by molar-refractivity contribution is 4.55. The van der Waals surface area contributed by atoms with Gasteiger partial charge in [0, 0.05) is 13.2 Å². The molecule has 14 heavy (non-hydrogen) atoms. The van der Waals surface area contributed by atoms with Gasteiger partial charge >= 0.3 is 6.18 Å². The highest BCUT2D eigenvalue weighted by Gasteiger charge is 2.32. The highest BCUT2D eigenvalue weighted by Crippen LogP contribution is 2.23. The van der Waals surface area contributed by atoms with E-state index < -0.39 is 18.9 Å². The molecular weight excluding hydrogens is 197 g/mol. The zero-order valence-corrected chi connectivity index (χ0v) is 8.56. The summed E-state index contributed by atoms with van der Waals surface area (Å²) in [4.78, 5) is 0. The van der Waals surface area contributed by atoms with Crippen molar-refractivity contribution in [3.63, 3.8) is 0 Å². The molecule has 0 aromatic rings. The fourth-order valence-corrected chi connectivity index (χ4v) is 0.854. The van der Waals surface area contributed by atoms with Crippen LogP contribution in [-0.2, 0) is 9.47 Å². The summed E-state index contributed by atoms with van der Waals surface area (Å²) in [6.07, 6.45) is -5.04. The maximum atomic E-state index is 12.0. The minimum absolute atomic E-state index is 0.296. The summed E-state index contributed by atoms with van der Waals surface area (Å²) < 4.78 is 45.9. The second-order valence-electron chi connectivity index (χ2n) is 2.99. The Kier molecular flexibility index (Phi) is 6.92. The van der Waals surface area contributed by atoms with E-state index in [-0.39, 0.29) is 0 Å². The van der Waals surface area contributed by atoms with E-state index in [1.54, 1.807) is 0 Å². The topological polar surface area (TPSA) is 18.5 Å². The zero-order chi connectivity index (χ0) is 11.0. The molecule has 0 spiro atoms. The Morgan fingerprint density at radius 2 is 1.43 bits per heavy atom. The molecule has 5 heteroatoms. The van der Waals surface area contributed by atoms with Crippen molar-refractivity contribution in [2.75, 3.05) is 13.2 Å². The van der Waals surface area contributed by atoms with Crippen molar-refractivity contribution >= 4 is 0 Å². The normalized spacial score (nSPS) is 12.4. The molecule has 0 amide bonds. The lowest BCUT2D eigenvalue weighted by atomic mass is 10.4. The van der Waals surface area contributed by atoms with Crippen LogP contribution in [0.25, 0.3) is 0 Å². The molecule has 0 aliphatic rings. The lowest BCUT2D eigenvalue weighted by Crippen LogP contribution is -2.26. The first-order chi connectivity index (χ1) is 6.49. The molecule has 0 aromatic heterocycles. The Hall–Kier alpha value is -0.290. The lowest BCUT2D eigenvalue weighted by Gasteiger charge is -2.19. The number of rotatable bonds is 7. The van der Waals surface area contributed by atoms with Crippen molar-refractivity contribution in [1.82, 2.24) is 0 Å². The van der Waals surface area contributed by atoms with Crippen LogP contribution in [0.5, 0.6) is 0 Å². The van der Waals surface area contributed by atoms with Crippen LogP contribution < -0.4 is 0 Å². The largest absolute Gasteiger partial charge is 0.393 e. The molecule has 86 valence electrons. The van der Waals surface area contributed by atoms with E-state index in [4.69, 9.17) is 9.47 Å². The molecule has 0 heterocycles. The van der Waals surface area contributed by atoms with Crippen LogP contribution in [0.4, 0.5) is 13.2 Å². The average Bonchev–Trinajstić information content (AvgIpc) is 2.07. The number of hydrogen-bond acceptors (Lipinski definition) is 2. The SMILES string of the molecule is CCCOC(CC(F)(F)F)OCCC. The predicted molar refractivity (Wildman–Crippen MR) is 46.9 cm³/mol. The Bertz CT molecular complexity index is 129. The van der Waals surface area contributed by atoms with Crippen molar-refractivity contribution in [2.24, 2.45) is 0 Å². The lowest BCUT2D eigenvalue weighted by molar-refractivity contribution is -0.221. The van der Waals surface area contributed by atoms with Gasteiger partial charge in [0.25, 0.3) is 0 Å². The van der Waals surface area contributed by atoms with Crippen LogP contribution in [0.2, 0.25) is 0 Å². The van der Waals surface area contributed by atoms with Crippen molar-refractivity contribution < 1.29 is 22.6 Å².